The second kappa shape index (κ2) is 11.3. The molecule has 0 saturated carbocycles. The molecule has 41 heavy (non-hydrogen) atoms. The number of ether oxygens (including phenoxy) is 1. The Morgan fingerprint density at radius 3 is 2.54 bits per heavy atom. The van der Waals surface area contributed by atoms with Crippen molar-refractivity contribution >= 4 is 23.6 Å². The van der Waals surface area contributed by atoms with Crippen LogP contribution < -0.4 is 10.6 Å². The number of nitrogens with one attached hydrogen (secondary N) is 1. The standard InChI is InChI=1S/C30H31FN6O4/c1-18-25(27(39)41-4)26(24-9-8-19(14-32)12-21(24)16-35-11-10-20(15-35)17-38)37(29(34)40)28(33)36(18)23-7-5-6-22(13-23)30(2,3)31/h5-13,15,26,33,38H,16-17H2,1-4H3,(H2,34,40)/t26-/m1/s1. The summed E-state index contributed by atoms with van der Waals surface area (Å²) in [6.07, 6.45) is 3.49. The number of hydrogen-bond donors (Lipinski definition) is 3. The van der Waals surface area contributed by atoms with Gasteiger partial charge in [-0.25, -0.2) is 14.0 Å². The fourth-order valence-electron chi connectivity index (χ4n) is 5.02. The number of benzene rings is 2. The highest BCUT2D eigenvalue weighted by Crippen LogP contribution is 2.41. The minimum atomic E-state index is -1.69. The highest BCUT2D eigenvalue weighted by molar-refractivity contribution is 6.10. The van der Waals surface area contributed by atoms with E-state index in [1.54, 1.807) is 72.4 Å². The molecule has 0 bridgehead atoms. The lowest BCUT2D eigenvalue weighted by Gasteiger charge is -2.43. The van der Waals surface area contributed by atoms with E-state index < -0.39 is 23.7 Å². The average molecular weight is 559 g/mol. The van der Waals surface area contributed by atoms with Crippen LogP contribution in [-0.2, 0) is 28.4 Å². The number of carbonyl (C=O) groups excluding carboxylic acids is 2. The summed E-state index contributed by atoms with van der Waals surface area (Å²) in [6.45, 7) is 4.50. The predicted molar refractivity (Wildman–Crippen MR) is 150 cm³/mol. The minimum Gasteiger partial charge on any atom is -0.466 e. The van der Waals surface area contributed by atoms with Crippen LogP contribution in [-0.4, -0.2) is 39.6 Å². The number of aliphatic hydroxyl groups is 1. The molecule has 1 aliphatic rings. The van der Waals surface area contributed by atoms with E-state index in [9.17, 15) is 24.3 Å². The van der Waals surface area contributed by atoms with E-state index in [1.807, 2.05) is 0 Å². The zero-order valence-corrected chi connectivity index (χ0v) is 23.2. The largest absolute Gasteiger partial charge is 0.466 e. The van der Waals surface area contributed by atoms with E-state index in [2.05, 4.69) is 6.07 Å². The SMILES string of the molecule is COC(=O)C1=C(C)N(c2cccc(C(C)(C)F)c2)C(=N)N(C(N)=O)[C@@H]1c1ccc(C#N)cc1Cn1ccc(CO)c1. The number of rotatable bonds is 7. The normalized spacial score (nSPS) is 15.6. The number of anilines is 1. The molecule has 2 amide bonds. The van der Waals surface area contributed by atoms with Crippen LogP contribution >= 0.6 is 0 Å². The number of urea groups is 1. The number of alkyl halides is 1. The van der Waals surface area contributed by atoms with E-state index in [1.165, 1.54) is 25.9 Å². The number of hydrogen-bond acceptors (Lipinski definition) is 6. The molecule has 1 atom stereocenters. The number of nitrogens with zero attached hydrogens (tertiary/aromatic N) is 4. The molecule has 0 saturated heterocycles. The molecule has 10 nitrogen and oxygen atoms in total. The number of allylic oxidation sites excluding steroid dienone is 1. The number of methoxy groups -OCH3 is 1. The second-order valence-corrected chi connectivity index (χ2v) is 10.2. The van der Waals surface area contributed by atoms with Crippen LogP contribution in [0.4, 0.5) is 14.9 Å². The maximum atomic E-state index is 14.8. The van der Waals surface area contributed by atoms with Gasteiger partial charge in [-0.2, -0.15) is 5.26 Å². The van der Waals surface area contributed by atoms with Crippen molar-refractivity contribution < 1.29 is 23.8 Å². The van der Waals surface area contributed by atoms with Gasteiger partial charge in [0.1, 0.15) is 11.7 Å². The lowest BCUT2D eigenvalue weighted by atomic mass is 9.88. The first-order valence-corrected chi connectivity index (χ1v) is 12.8. The number of aromatic nitrogens is 1. The van der Waals surface area contributed by atoms with Crippen molar-refractivity contribution in [2.75, 3.05) is 12.0 Å². The Bertz CT molecular complexity index is 1600. The lowest BCUT2D eigenvalue weighted by Crippen LogP contribution is -2.55. The van der Waals surface area contributed by atoms with E-state index in [0.29, 0.717) is 33.5 Å². The van der Waals surface area contributed by atoms with Gasteiger partial charge >= 0.3 is 12.0 Å². The maximum Gasteiger partial charge on any atom is 0.338 e. The quantitative estimate of drug-likeness (QED) is 0.365. The van der Waals surface area contributed by atoms with Gasteiger partial charge in [-0.1, -0.05) is 18.2 Å². The molecule has 4 N–H and O–H groups in total. The Balaban J connectivity index is 1.97. The van der Waals surface area contributed by atoms with E-state index >= 15 is 0 Å². The second-order valence-electron chi connectivity index (χ2n) is 10.2. The van der Waals surface area contributed by atoms with Gasteiger partial charge < -0.3 is 20.1 Å². The van der Waals surface area contributed by atoms with Crippen molar-refractivity contribution in [1.29, 1.82) is 10.7 Å². The summed E-state index contributed by atoms with van der Waals surface area (Å²) in [5.41, 5.74) is 7.25. The Hall–Kier alpha value is -4.95. The first-order chi connectivity index (χ1) is 19.4. The van der Waals surface area contributed by atoms with Crippen molar-refractivity contribution in [3.63, 3.8) is 0 Å². The number of nitriles is 1. The van der Waals surface area contributed by atoms with E-state index in [0.717, 1.165) is 4.90 Å². The molecule has 0 aliphatic carbocycles. The molecule has 212 valence electrons. The predicted octanol–water partition coefficient (Wildman–Crippen LogP) is 4.43. The van der Waals surface area contributed by atoms with Gasteiger partial charge in [0.05, 0.1) is 30.9 Å². The number of guanidine groups is 1. The van der Waals surface area contributed by atoms with Crippen molar-refractivity contribution in [1.82, 2.24) is 9.47 Å². The van der Waals surface area contributed by atoms with Crippen molar-refractivity contribution in [2.45, 2.75) is 45.6 Å². The molecule has 1 aliphatic heterocycles. The van der Waals surface area contributed by atoms with Crippen molar-refractivity contribution in [3.05, 3.63) is 100 Å². The van der Waals surface area contributed by atoms with Gasteiger partial charge in [-0.3, -0.25) is 15.2 Å². The van der Waals surface area contributed by atoms with Crippen LogP contribution in [0.15, 0.2) is 72.2 Å². The smallest absolute Gasteiger partial charge is 0.338 e. The van der Waals surface area contributed by atoms with Gasteiger partial charge in [-0.05, 0) is 73.4 Å². The minimum absolute atomic E-state index is 0.0433. The first-order valence-electron chi connectivity index (χ1n) is 12.8. The summed E-state index contributed by atoms with van der Waals surface area (Å²) in [7, 11) is 1.21. The highest BCUT2D eigenvalue weighted by Gasteiger charge is 2.44. The summed E-state index contributed by atoms with van der Waals surface area (Å²) in [5.74, 6) is -1.10. The molecule has 11 heteroatoms. The van der Waals surface area contributed by atoms with Crippen LogP contribution in [0.1, 0.15) is 54.6 Å². The molecule has 4 rings (SSSR count). The molecular weight excluding hydrogens is 527 g/mol. The van der Waals surface area contributed by atoms with Crippen LogP contribution in [0.25, 0.3) is 0 Å². The maximum absolute atomic E-state index is 14.8. The fourth-order valence-corrected chi connectivity index (χ4v) is 5.02. The number of primary amides is 1. The van der Waals surface area contributed by atoms with E-state index in [-0.39, 0.29) is 30.4 Å². The molecule has 0 fully saturated rings. The molecule has 1 aromatic heterocycles. The number of carbonyl (C=O) groups is 2. The highest BCUT2D eigenvalue weighted by atomic mass is 19.1. The van der Waals surface area contributed by atoms with Gasteiger partial charge in [-0.15, -0.1) is 0 Å². The van der Waals surface area contributed by atoms with Crippen LogP contribution in [0.5, 0.6) is 0 Å². The zero-order valence-electron chi connectivity index (χ0n) is 23.2. The van der Waals surface area contributed by atoms with Gasteiger partial charge in [0.25, 0.3) is 0 Å². The lowest BCUT2D eigenvalue weighted by molar-refractivity contribution is -0.136. The molecule has 3 aromatic rings. The molecule has 0 unspecified atom stereocenters. The summed E-state index contributed by atoms with van der Waals surface area (Å²) >= 11 is 0. The third-order valence-electron chi connectivity index (χ3n) is 7.04. The Kier molecular flexibility index (Phi) is 7.98. The summed E-state index contributed by atoms with van der Waals surface area (Å²) < 4.78 is 21.8. The molecule has 2 heterocycles. The Morgan fingerprint density at radius 2 is 1.95 bits per heavy atom. The fraction of sp³-hybridized carbons (Fsp3) is 0.267. The summed E-state index contributed by atoms with van der Waals surface area (Å²) in [5, 5.41) is 28.2. The van der Waals surface area contributed by atoms with Crippen molar-refractivity contribution in [2.24, 2.45) is 5.73 Å². The summed E-state index contributed by atoms with van der Waals surface area (Å²) in [6, 6.07) is 12.9. The average Bonchev–Trinajstić information content (AvgIpc) is 3.39. The van der Waals surface area contributed by atoms with Crippen molar-refractivity contribution in [3.8, 4) is 6.07 Å². The van der Waals surface area contributed by atoms with Gasteiger partial charge in [0.2, 0.25) is 5.96 Å². The number of esters is 1. The van der Waals surface area contributed by atoms with E-state index in [4.69, 9.17) is 15.9 Å². The molecule has 2 aromatic carbocycles. The number of aliphatic hydroxyl groups excluding tert-OH is 1. The zero-order chi connectivity index (χ0) is 30.1. The number of amides is 2. The third kappa shape index (κ3) is 5.55. The number of halogens is 1. The number of nitrogens with two attached hydrogens (primary N) is 1. The van der Waals surface area contributed by atoms with Gasteiger partial charge in [0.15, 0.2) is 0 Å². The topological polar surface area (TPSA) is 149 Å². The first kappa shape index (κ1) is 29.0. The van der Waals surface area contributed by atoms with Crippen LogP contribution in [0.2, 0.25) is 0 Å². The Morgan fingerprint density at radius 1 is 1.22 bits per heavy atom. The van der Waals surface area contributed by atoms with Crippen LogP contribution in [0, 0.1) is 16.7 Å². The third-order valence-corrected chi connectivity index (χ3v) is 7.04. The monoisotopic (exact) mass is 558 g/mol. The van der Waals surface area contributed by atoms with Crippen LogP contribution in [0.3, 0.4) is 0 Å². The molecule has 0 spiro atoms. The molecular formula is C30H31FN6O4. The Labute approximate surface area is 237 Å². The van der Waals surface area contributed by atoms with Gasteiger partial charge in [0, 0.05) is 30.3 Å². The molecule has 0 radical (unpaired) electrons. The summed E-state index contributed by atoms with van der Waals surface area (Å²) in [4.78, 5) is 28.7.